The van der Waals surface area contributed by atoms with Crippen molar-refractivity contribution in [1.82, 2.24) is 0 Å². The highest BCUT2D eigenvalue weighted by Crippen LogP contribution is 2.38. The van der Waals surface area contributed by atoms with Crippen LogP contribution in [0.25, 0.3) is 0 Å². The summed E-state index contributed by atoms with van der Waals surface area (Å²) in [7, 11) is -5.14. The number of rotatable bonds is 15. The minimum atomic E-state index is -5.14. The zero-order valence-electron chi connectivity index (χ0n) is 31.0. The lowest BCUT2D eigenvalue weighted by Gasteiger charge is -2.48. The molecule has 0 amide bonds. The zero-order valence-corrected chi connectivity index (χ0v) is 31.9. The van der Waals surface area contributed by atoms with Crippen LogP contribution < -0.4 is 0 Å². The Labute approximate surface area is 337 Å². The summed E-state index contributed by atoms with van der Waals surface area (Å²) in [6.07, 6.45) is -48.7. The summed E-state index contributed by atoms with van der Waals surface area (Å²) in [4.78, 5) is 18.1. The molecule has 5 heterocycles. The Balaban J connectivity index is 1.32. The van der Waals surface area contributed by atoms with Crippen molar-refractivity contribution in [3.8, 4) is 0 Å². The van der Waals surface area contributed by atoms with Crippen LogP contribution >= 0.6 is 7.82 Å². The fourth-order valence-electron chi connectivity index (χ4n) is 7.03. The summed E-state index contributed by atoms with van der Waals surface area (Å²) in [5, 5.41) is 167. The summed E-state index contributed by atoms with van der Waals surface area (Å²) < 4.78 is 65.0. The molecule has 0 aromatic heterocycles. The van der Waals surface area contributed by atoms with Crippen molar-refractivity contribution in [2.75, 3.05) is 33.0 Å². The minimum absolute atomic E-state index is 0.883. The highest BCUT2D eigenvalue weighted by atomic mass is 31.2. The molecule has 0 aliphatic carbocycles. The van der Waals surface area contributed by atoms with E-state index >= 15 is 0 Å². The van der Waals surface area contributed by atoms with E-state index in [-0.39, 0.29) is 0 Å². The van der Waals surface area contributed by atoms with Crippen LogP contribution in [-0.2, 0) is 51.7 Å². The number of hydrogen-bond acceptors (Lipinski definition) is 27. The highest BCUT2D eigenvalue weighted by molar-refractivity contribution is 7.46. The Morgan fingerprint density at radius 1 is 0.383 bits per heavy atom. The van der Waals surface area contributed by atoms with E-state index < -0.39 is 194 Å². The van der Waals surface area contributed by atoms with Crippen molar-refractivity contribution >= 4 is 7.82 Å². The van der Waals surface area contributed by atoms with E-state index in [1.165, 1.54) is 0 Å². The standard InChI is InChI=1S/C30H53O29P/c31-1-6-11(34)16(39)20(43)27(53-6)59-25-19(42)13(36)8(3-33)55-30(25)57-23-15(38)9(52-26(46)22(23)45)4-50-29-24(18(41)12(35)7(2-32)54-29)58-28-21(44)17(40)14(37)10(56-28)5-51-60(47,48)49/h6-46H,1-5H2,(H2,47,48,49)/t6-,7-,8-,9-,10-,11-,12-,13-,14-,15-,16+,17+,18+,19+,20+,21+,22+,23+,24+,25+,26+,27-,28-,29+,30-/m1/s1. The molecule has 5 saturated heterocycles. The maximum Gasteiger partial charge on any atom is 0.469 e. The van der Waals surface area contributed by atoms with E-state index in [9.17, 15) is 86.3 Å². The lowest BCUT2D eigenvalue weighted by atomic mass is 9.96. The van der Waals surface area contributed by atoms with Gasteiger partial charge >= 0.3 is 7.82 Å². The van der Waals surface area contributed by atoms with E-state index in [4.69, 9.17) is 52.4 Å². The molecule has 30 heteroatoms. The number of aliphatic hydroxyl groups excluding tert-OH is 16. The van der Waals surface area contributed by atoms with Gasteiger partial charge in [0.2, 0.25) is 0 Å². The molecular formula is C30H53O29P. The molecule has 0 aromatic rings. The Kier molecular flexibility index (Phi) is 17.5. The average Bonchev–Trinajstić information content (AvgIpc) is 3.21. The van der Waals surface area contributed by atoms with Gasteiger partial charge in [0, 0.05) is 0 Å². The number of ether oxygens (including phenoxy) is 9. The van der Waals surface area contributed by atoms with Crippen LogP contribution in [0.3, 0.4) is 0 Å². The Morgan fingerprint density at radius 2 is 0.767 bits per heavy atom. The molecular weight excluding hydrogens is 855 g/mol. The molecule has 25 atom stereocenters. The first-order chi connectivity index (χ1) is 28.1. The third-order valence-electron chi connectivity index (χ3n) is 10.5. The highest BCUT2D eigenvalue weighted by Gasteiger charge is 2.55. The summed E-state index contributed by atoms with van der Waals surface area (Å²) in [5.74, 6) is 0. The normalized spacial score (nSPS) is 50.7. The molecule has 29 nitrogen and oxygen atoms in total. The number of phosphoric ester groups is 1. The molecule has 0 spiro atoms. The fourth-order valence-corrected chi connectivity index (χ4v) is 7.37. The number of hydrogen-bond donors (Lipinski definition) is 18. The van der Waals surface area contributed by atoms with E-state index in [1.54, 1.807) is 0 Å². The van der Waals surface area contributed by atoms with Gasteiger partial charge in [-0.1, -0.05) is 0 Å². The van der Waals surface area contributed by atoms with Crippen LogP contribution in [0.4, 0.5) is 0 Å². The Bertz CT molecular complexity index is 1380. The monoisotopic (exact) mass is 908 g/mol. The molecule has 352 valence electrons. The van der Waals surface area contributed by atoms with Crippen molar-refractivity contribution < 1.29 is 143 Å². The molecule has 5 aliphatic heterocycles. The summed E-state index contributed by atoms with van der Waals surface area (Å²) in [5.41, 5.74) is 0. The van der Waals surface area contributed by atoms with Crippen molar-refractivity contribution in [1.29, 1.82) is 0 Å². The zero-order chi connectivity index (χ0) is 44.5. The fraction of sp³-hybridized carbons (Fsp3) is 1.00. The number of aliphatic hydroxyl groups is 16. The van der Waals surface area contributed by atoms with Gasteiger partial charge < -0.3 is 134 Å². The van der Waals surface area contributed by atoms with E-state index in [2.05, 4.69) is 4.52 Å². The van der Waals surface area contributed by atoms with Crippen molar-refractivity contribution in [3.63, 3.8) is 0 Å². The molecule has 60 heavy (non-hydrogen) atoms. The topological polar surface area (TPSA) is 474 Å². The minimum Gasteiger partial charge on any atom is -0.394 e. The van der Waals surface area contributed by atoms with Gasteiger partial charge in [0.15, 0.2) is 31.5 Å². The molecule has 5 rings (SSSR count). The van der Waals surface area contributed by atoms with Gasteiger partial charge in [-0.2, -0.15) is 0 Å². The summed E-state index contributed by atoms with van der Waals surface area (Å²) >= 11 is 0. The lowest BCUT2D eigenvalue weighted by molar-refractivity contribution is -0.391. The maximum atomic E-state index is 11.4. The van der Waals surface area contributed by atoms with Gasteiger partial charge in [0.1, 0.15) is 122 Å². The predicted molar refractivity (Wildman–Crippen MR) is 177 cm³/mol. The van der Waals surface area contributed by atoms with Crippen molar-refractivity contribution in [2.24, 2.45) is 0 Å². The van der Waals surface area contributed by atoms with Gasteiger partial charge in [-0.15, -0.1) is 0 Å². The molecule has 18 N–H and O–H groups in total. The van der Waals surface area contributed by atoms with Gasteiger partial charge in [-0.25, -0.2) is 4.57 Å². The number of phosphoric acid groups is 1. The lowest BCUT2D eigenvalue weighted by Crippen LogP contribution is -2.67. The van der Waals surface area contributed by atoms with Crippen LogP contribution in [0.5, 0.6) is 0 Å². The van der Waals surface area contributed by atoms with Crippen LogP contribution in [0.2, 0.25) is 0 Å². The Hall–Kier alpha value is -0.890. The molecule has 0 saturated carbocycles. The van der Waals surface area contributed by atoms with Crippen LogP contribution in [0.15, 0.2) is 0 Å². The second-order valence-corrected chi connectivity index (χ2v) is 15.8. The van der Waals surface area contributed by atoms with E-state index in [1.807, 2.05) is 0 Å². The molecule has 0 unspecified atom stereocenters. The first-order valence-electron chi connectivity index (χ1n) is 18.4. The first-order valence-corrected chi connectivity index (χ1v) is 19.9. The van der Waals surface area contributed by atoms with Gasteiger partial charge in [-0.05, 0) is 0 Å². The van der Waals surface area contributed by atoms with Crippen LogP contribution in [0.1, 0.15) is 0 Å². The van der Waals surface area contributed by atoms with Crippen LogP contribution in [0, 0.1) is 0 Å². The first kappa shape index (κ1) is 50.1. The quantitative estimate of drug-likeness (QED) is 0.0678. The third-order valence-corrected chi connectivity index (χ3v) is 11.0. The summed E-state index contributed by atoms with van der Waals surface area (Å²) in [6.45, 7) is -4.73. The average molecular weight is 909 g/mol. The van der Waals surface area contributed by atoms with Crippen molar-refractivity contribution in [2.45, 2.75) is 154 Å². The SMILES string of the molecule is O=P(O)(O)OC[C@H]1O[C@H](O[C@@H]2[C@@H](OC[C@H]3O[C@H](O)[C@@H](O)[C@@H](O[C@H]4O[C@H](CO)[C@@H](O)[C@H](O)[C@@H]4O[C@H]4O[C@H](CO)[C@@H](O)[C@H](O)[C@@H]4O)[C@@H]3O)O[C@H](CO)[C@@H](O)[C@@H]2O)[C@@H](O)[C@@H](O)[C@@H]1O. The largest absolute Gasteiger partial charge is 0.469 e. The maximum absolute atomic E-state index is 11.4. The second kappa shape index (κ2) is 21.0. The van der Waals surface area contributed by atoms with Crippen molar-refractivity contribution in [3.05, 3.63) is 0 Å². The van der Waals surface area contributed by atoms with E-state index in [0.717, 1.165) is 0 Å². The Morgan fingerprint density at radius 3 is 1.25 bits per heavy atom. The third kappa shape index (κ3) is 11.0. The second-order valence-electron chi connectivity index (χ2n) is 14.6. The molecule has 5 fully saturated rings. The van der Waals surface area contributed by atoms with Gasteiger partial charge in [0.25, 0.3) is 0 Å². The van der Waals surface area contributed by atoms with Gasteiger partial charge in [-0.3, -0.25) is 4.52 Å². The van der Waals surface area contributed by atoms with Gasteiger partial charge in [0.05, 0.1) is 33.0 Å². The summed E-state index contributed by atoms with van der Waals surface area (Å²) in [6, 6.07) is 0. The molecule has 5 aliphatic rings. The molecule has 0 aromatic carbocycles. The predicted octanol–water partition coefficient (Wildman–Crippen LogP) is -11.8. The molecule has 0 bridgehead atoms. The van der Waals surface area contributed by atoms with Crippen LogP contribution in [-0.4, -0.2) is 278 Å². The van der Waals surface area contributed by atoms with E-state index in [0.29, 0.717) is 0 Å². The smallest absolute Gasteiger partial charge is 0.394 e. The molecule has 0 radical (unpaired) electrons.